The van der Waals surface area contributed by atoms with Crippen molar-refractivity contribution in [1.82, 2.24) is 15.5 Å². The van der Waals surface area contributed by atoms with Crippen LogP contribution in [0, 0.1) is 0 Å². The molecule has 3 rings (SSSR count). The van der Waals surface area contributed by atoms with E-state index in [1.165, 1.54) is 12.0 Å². The Morgan fingerprint density at radius 3 is 2.35 bits per heavy atom. The topological polar surface area (TPSA) is 64.6 Å². The second kappa shape index (κ2) is 11.8. The van der Waals surface area contributed by atoms with E-state index in [0.717, 1.165) is 57.4 Å². The highest BCUT2D eigenvalue weighted by Crippen LogP contribution is 2.14. The summed E-state index contributed by atoms with van der Waals surface area (Å²) in [7, 11) is 0. The molecule has 7 heteroatoms. The molecule has 148 valence electrons. The largest absolute Gasteiger partial charge is 0.393 e. The van der Waals surface area contributed by atoms with Crippen molar-refractivity contribution in [1.29, 1.82) is 0 Å². The lowest BCUT2D eigenvalue weighted by Gasteiger charge is -2.29. The molecule has 1 aromatic rings. The summed E-state index contributed by atoms with van der Waals surface area (Å²) in [6.07, 6.45) is 4.87. The Morgan fingerprint density at radius 2 is 1.73 bits per heavy atom. The molecule has 1 atom stereocenters. The second-order valence-corrected chi connectivity index (χ2v) is 7.04. The van der Waals surface area contributed by atoms with Gasteiger partial charge >= 0.3 is 0 Å². The molecule has 5 nitrogen and oxygen atoms in total. The van der Waals surface area contributed by atoms with Crippen molar-refractivity contribution in [2.45, 2.75) is 57.3 Å². The number of aliphatic hydroxyl groups is 1. The van der Waals surface area contributed by atoms with Crippen LogP contribution in [0.25, 0.3) is 0 Å². The van der Waals surface area contributed by atoms with Gasteiger partial charge in [0.15, 0.2) is 0 Å². The number of hydrogen-bond acceptors (Lipinski definition) is 4. The Hall–Kier alpha value is -0.850. The molecular formula is C19H31Cl2N3O2. The predicted octanol–water partition coefficient (Wildman–Crippen LogP) is 2.25. The highest BCUT2D eigenvalue weighted by molar-refractivity contribution is 5.85. The van der Waals surface area contributed by atoms with Gasteiger partial charge in [-0.25, -0.2) is 0 Å². The molecule has 0 radical (unpaired) electrons. The monoisotopic (exact) mass is 403 g/mol. The third kappa shape index (κ3) is 7.05. The van der Waals surface area contributed by atoms with Gasteiger partial charge in [-0.2, -0.15) is 0 Å². The SMILES string of the molecule is Cl.Cl.O=C(NCc1ccc(CN2CCC(O)CC2)cc1)C1CCCCN1. The fourth-order valence-corrected chi connectivity index (χ4v) is 3.49. The molecule has 0 spiro atoms. The number of nitrogens with zero attached hydrogens (tertiary/aromatic N) is 1. The summed E-state index contributed by atoms with van der Waals surface area (Å²) >= 11 is 0. The Morgan fingerprint density at radius 1 is 1.08 bits per heavy atom. The van der Waals surface area contributed by atoms with Gasteiger partial charge in [-0.1, -0.05) is 30.7 Å². The number of carbonyl (C=O) groups is 1. The number of hydrogen-bond donors (Lipinski definition) is 3. The highest BCUT2D eigenvalue weighted by Gasteiger charge is 2.20. The fourth-order valence-electron chi connectivity index (χ4n) is 3.49. The van der Waals surface area contributed by atoms with Gasteiger partial charge in [-0.3, -0.25) is 9.69 Å². The summed E-state index contributed by atoms with van der Waals surface area (Å²) in [4.78, 5) is 14.5. The maximum absolute atomic E-state index is 12.1. The molecule has 0 aromatic heterocycles. The zero-order valence-corrected chi connectivity index (χ0v) is 16.8. The minimum Gasteiger partial charge on any atom is -0.393 e. The fraction of sp³-hybridized carbons (Fsp3) is 0.632. The van der Waals surface area contributed by atoms with E-state index in [2.05, 4.69) is 39.8 Å². The van der Waals surface area contributed by atoms with E-state index in [4.69, 9.17) is 0 Å². The lowest BCUT2D eigenvalue weighted by molar-refractivity contribution is -0.123. The molecule has 2 heterocycles. The third-order valence-electron chi connectivity index (χ3n) is 5.08. The molecule has 2 aliphatic rings. The van der Waals surface area contributed by atoms with Crippen LogP contribution in [0.2, 0.25) is 0 Å². The summed E-state index contributed by atoms with van der Waals surface area (Å²) in [5, 5.41) is 15.9. The van der Waals surface area contributed by atoms with Crippen molar-refractivity contribution in [3.8, 4) is 0 Å². The molecule has 0 aliphatic carbocycles. The Bertz CT molecular complexity index is 528. The number of halogens is 2. The van der Waals surface area contributed by atoms with Gasteiger partial charge in [0, 0.05) is 26.2 Å². The smallest absolute Gasteiger partial charge is 0.237 e. The quantitative estimate of drug-likeness (QED) is 0.705. The normalized spacial score (nSPS) is 21.3. The summed E-state index contributed by atoms with van der Waals surface area (Å²) in [5.41, 5.74) is 2.42. The maximum Gasteiger partial charge on any atom is 0.237 e. The summed E-state index contributed by atoms with van der Waals surface area (Å²) in [6.45, 7) is 4.40. The average molecular weight is 404 g/mol. The van der Waals surface area contributed by atoms with Gasteiger partial charge in [0.1, 0.15) is 0 Å². The summed E-state index contributed by atoms with van der Waals surface area (Å²) in [5.74, 6) is 0.116. The van der Waals surface area contributed by atoms with E-state index in [1.807, 2.05) is 0 Å². The third-order valence-corrected chi connectivity index (χ3v) is 5.08. The molecule has 1 aromatic carbocycles. The standard InChI is InChI=1S/C19H29N3O2.2ClH/c23-17-8-11-22(12-9-17)14-16-6-4-15(5-7-16)13-21-19(24)18-3-1-2-10-20-18;;/h4-7,17-18,20,23H,1-3,8-14H2,(H,21,24);2*1H. The van der Waals surface area contributed by atoms with E-state index in [1.54, 1.807) is 0 Å². The minimum absolute atomic E-state index is 0. The molecule has 2 fully saturated rings. The zero-order valence-electron chi connectivity index (χ0n) is 15.2. The molecule has 0 bridgehead atoms. The molecule has 2 aliphatic heterocycles. The van der Waals surface area contributed by atoms with Crippen molar-refractivity contribution in [3.63, 3.8) is 0 Å². The Labute approximate surface area is 168 Å². The van der Waals surface area contributed by atoms with Crippen LogP contribution in [0.1, 0.15) is 43.2 Å². The number of piperidine rings is 2. The number of likely N-dealkylation sites (tertiary alicyclic amines) is 1. The van der Waals surface area contributed by atoms with Gasteiger partial charge < -0.3 is 15.7 Å². The van der Waals surface area contributed by atoms with Crippen LogP contribution < -0.4 is 10.6 Å². The van der Waals surface area contributed by atoms with E-state index in [0.29, 0.717) is 6.54 Å². The lowest BCUT2D eigenvalue weighted by atomic mass is 10.0. The summed E-state index contributed by atoms with van der Waals surface area (Å²) in [6, 6.07) is 8.47. The van der Waals surface area contributed by atoms with Crippen LogP contribution in [0.3, 0.4) is 0 Å². The molecule has 0 saturated carbocycles. The van der Waals surface area contributed by atoms with E-state index in [-0.39, 0.29) is 42.9 Å². The van der Waals surface area contributed by atoms with Crippen LogP contribution in [0.4, 0.5) is 0 Å². The van der Waals surface area contributed by atoms with E-state index in [9.17, 15) is 9.90 Å². The number of rotatable bonds is 5. The van der Waals surface area contributed by atoms with Gasteiger partial charge in [-0.15, -0.1) is 24.8 Å². The van der Waals surface area contributed by atoms with Crippen LogP contribution in [0.15, 0.2) is 24.3 Å². The molecule has 1 unspecified atom stereocenters. The van der Waals surface area contributed by atoms with Crippen molar-refractivity contribution in [2.75, 3.05) is 19.6 Å². The molecule has 2 saturated heterocycles. The van der Waals surface area contributed by atoms with Gasteiger partial charge in [0.05, 0.1) is 12.1 Å². The predicted molar refractivity (Wildman–Crippen MR) is 109 cm³/mol. The van der Waals surface area contributed by atoms with Crippen molar-refractivity contribution >= 4 is 30.7 Å². The average Bonchev–Trinajstić information content (AvgIpc) is 2.63. The molecule has 1 amide bonds. The first kappa shape index (κ1) is 23.2. The highest BCUT2D eigenvalue weighted by atomic mass is 35.5. The Balaban J connectivity index is 0.00000169. The zero-order chi connectivity index (χ0) is 16.8. The van der Waals surface area contributed by atoms with Crippen molar-refractivity contribution in [2.24, 2.45) is 0 Å². The first-order valence-corrected chi connectivity index (χ1v) is 9.20. The van der Waals surface area contributed by atoms with Crippen molar-refractivity contribution in [3.05, 3.63) is 35.4 Å². The maximum atomic E-state index is 12.1. The lowest BCUT2D eigenvalue weighted by Crippen LogP contribution is -2.46. The van der Waals surface area contributed by atoms with Crippen LogP contribution >= 0.6 is 24.8 Å². The molecule has 26 heavy (non-hydrogen) atoms. The Kier molecular flexibility index (Phi) is 10.5. The minimum atomic E-state index is -0.120. The molecule has 3 N–H and O–H groups in total. The van der Waals surface area contributed by atoms with Gasteiger partial charge in [-0.05, 0) is 43.4 Å². The number of benzene rings is 1. The number of aliphatic hydroxyl groups excluding tert-OH is 1. The van der Waals surface area contributed by atoms with Crippen molar-refractivity contribution < 1.29 is 9.90 Å². The van der Waals surface area contributed by atoms with Crippen LogP contribution in [-0.2, 0) is 17.9 Å². The number of carbonyl (C=O) groups excluding carboxylic acids is 1. The van der Waals surface area contributed by atoms with E-state index < -0.39 is 0 Å². The second-order valence-electron chi connectivity index (χ2n) is 7.04. The van der Waals surface area contributed by atoms with Gasteiger partial charge in [0.2, 0.25) is 5.91 Å². The van der Waals surface area contributed by atoms with Gasteiger partial charge in [0.25, 0.3) is 0 Å². The summed E-state index contributed by atoms with van der Waals surface area (Å²) < 4.78 is 0. The van der Waals surface area contributed by atoms with Crippen LogP contribution in [-0.4, -0.2) is 47.7 Å². The number of nitrogens with one attached hydrogen (secondary N) is 2. The molecular weight excluding hydrogens is 373 g/mol. The first-order chi connectivity index (χ1) is 11.7. The van der Waals surface area contributed by atoms with E-state index >= 15 is 0 Å². The first-order valence-electron chi connectivity index (χ1n) is 9.20. The number of amides is 1. The van der Waals surface area contributed by atoms with Crippen LogP contribution in [0.5, 0.6) is 0 Å².